The molecule has 0 aromatic rings. The number of hydrogen-bond acceptors (Lipinski definition) is 2. The minimum absolute atomic E-state index is 0.0547. The fourth-order valence-corrected chi connectivity index (χ4v) is 3.00. The van der Waals surface area contributed by atoms with Crippen LogP contribution in [0.2, 0.25) is 0 Å². The van der Waals surface area contributed by atoms with Crippen molar-refractivity contribution in [3.05, 3.63) is 46.6 Å². The van der Waals surface area contributed by atoms with Crippen LogP contribution in [0.3, 0.4) is 0 Å². The molecule has 17 heavy (non-hydrogen) atoms. The van der Waals surface area contributed by atoms with Crippen LogP contribution in [0, 0.1) is 0 Å². The van der Waals surface area contributed by atoms with Gasteiger partial charge in [0, 0.05) is 0 Å². The molecule has 2 rings (SSSR count). The Balaban J connectivity index is 2.04. The summed E-state index contributed by atoms with van der Waals surface area (Å²) in [4.78, 5) is 23.9. The normalized spacial score (nSPS) is 18.7. The predicted octanol–water partition coefficient (Wildman–Crippen LogP) is 2.67. The third kappa shape index (κ3) is 2.56. The van der Waals surface area contributed by atoms with Crippen LogP contribution in [0.1, 0.15) is 26.7 Å². The molecule has 0 N–H and O–H groups in total. The number of carbonyl (C=O) groups excluding carboxylic acids is 2. The summed E-state index contributed by atoms with van der Waals surface area (Å²) in [6.07, 6.45) is 9.14. The fourth-order valence-electron chi connectivity index (χ4n) is 1.84. The van der Waals surface area contributed by atoms with Crippen molar-refractivity contribution in [2.45, 2.75) is 26.7 Å². The molecule has 0 aromatic carbocycles. The van der Waals surface area contributed by atoms with Gasteiger partial charge in [-0.05, 0) is 0 Å². The first-order valence-electron chi connectivity index (χ1n) is 5.51. The van der Waals surface area contributed by atoms with E-state index in [9.17, 15) is 9.59 Å². The minimum atomic E-state index is -0.0547. The van der Waals surface area contributed by atoms with Crippen LogP contribution >= 0.6 is 0 Å². The van der Waals surface area contributed by atoms with E-state index in [0.29, 0.717) is 27.5 Å². The van der Waals surface area contributed by atoms with Crippen LogP contribution in [0.4, 0.5) is 0 Å². The van der Waals surface area contributed by atoms with Crippen molar-refractivity contribution in [2.75, 3.05) is 0 Å². The van der Waals surface area contributed by atoms with Gasteiger partial charge in [-0.1, -0.05) is 0 Å². The third-order valence-electron chi connectivity index (χ3n) is 2.93. The molecule has 3 heteroatoms. The average Bonchev–Trinajstić information content (AvgIpc) is 2.86. The number of rotatable bonds is 4. The molecular weight excluding hydrogens is 259 g/mol. The van der Waals surface area contributed by atoms with Crippen molar-refractivity contribution in [3.8, 4) is 0 Å². The Hall–Kier alpha value is -1.19. The van der Waals surface area contributed by atoms with Crippen LogP contribution in [-0.4, -0.2) is 9.44 Å². The van der Waals surface area contributed by atoms with E-state index in [1.165, 1.54) is 0 Å². The van der Waals surface area contributed by atoms with E-state index in [2.05, 4.69) is 0 Å². The van der Waals surface area contributed by atoms with Gasteiger partial charge in [-0.15, -0.1) is 0 Å². The van der Waals surface area contributed by atoms with Crippen molar-refractivity contribution in [1.82, 2.24) is 0 Å². The van der Waals surface area contributed by atoms with E-state index >= 15 is 0 Å². The number of carbonyl (C=O) groups is 2. The molecule has 0 atom stereocenters. The molecule has 91 valence electrons. The zero-order chi connectivity index (χ0) is 12.4. The molecule has 0 saturated carbocycles. The molecule has 0 saturated heterocycles. The van der Waals surface area contributed by atoms with Gasteiger partial charge in [0.1, 0.15) is 0 Å². The fraction of sp³-hybridized carbons (Fsp3) is 0.286. The molecule has 0 radical (unpaired) electrons. The van der Waals surface area contributed by atoms with E-state index in [4.69, 9.17) is 0 Å². The molecule has 0 spiro atoms. The average molecular weight is 273 g/mol. The standard InChI is InChI=1S/2C7H7O.Co/c2*1-6-3-2-4-7(6)5-8;/h2*2-3H,4H2,1H3;. The molecule has 2 aliphatic carbocycles. The molecule has 2 aliphatic rings. The summed E-state index contributed by atoms with van der Waals surface area (Å²) in [5.41, 5.74) is 3.54. The van der Waals surface area contributed by atoms with Gasteiger partial charge in [-0.2, -0.15) is 0 Å². The van der Waals surface area contributed by atoms with Gasteiger partial charge in [0.05, 0.1) is 0 Å². The molecule has 0 unspecified atom stereocenters. The number of hydrogen-bond donors (Lipinski definition) is 0. The number of allylic oxidation sites excluding steroid dienone is 8. The second-order valence-electron chi connectivity index (χ2n) is 4.13. The molecular formula is C14H14CoO2. The van der Waals surface area contributed by atoms with Crippen molar-refractivity contribution in [1.29, 1.82) is 0 Å². The first kappa shape index (κ1) is 12.3. The maximum absolute atomic E-state index is 12.0. The molecule has 0 heterocycles. The van der Waals surface area contributed by atoms with Gasteiger partial charge >= 0.3 is 107 Å². The predicted molar refractivity (Wildman–Crippen MR) is 62.9 cm³/mol. The van der Waals surface area contributed by atoms with Crippen molar-refractivity contribution in [3.63, 3.8) is 0 Å². The molecule has 2 nitrogen and oxygen atoms in total. The van der Waals surface area contributed by atoms with E-state index in [1.807, 2.05) is 38.2 Å². The van der Waals surface area contributed by atoms with Gasteiger partial charge in [0.15, 0.2) is 0 Å². The Morgan fingerprint density at radius 1 is 0.941 bits per heavy atom. The zero-order valence-corrected chi connectivity index (χ0v) is 10.9. The Kier molecular flexibility index (Phi) is 3.59. The van der Waals surface area contributed by atoms with Crippen LogP contribution in [0.25, 0.3) is 0 Å². The van der Waals surface area contributed by atoms with Gasteiger partial charge < -0.3 is 0 Å². The van der Waals surface area contributed by atoms with Gasteiger partial charge in [0.2, 0.25) is 0 Å². The second-order valence-corrected chi connectivity index (χ2v) is 5.33. The zero-order valence-electron chi connectivity index (χ0n) is 9.87. The Labute approximate surface area is 107 Å². The van der Waals surface area contributed by atoms with E-state index < -0.39 is 0 Å². The van der Waals surface area contributed by atoms with Crippen molar-refractivity contribution >= 4 is 9.44 Å². The van der Waals surface area contributed by atoms with E-state index in [0.717, 1.165) is 22.3 Å². The monoisotopic (exact) mass is 273 g/mol. The van der Waals surface area contributed by atoms with Crippen LogP contribution < -0.4 is 0 Å². The SMILES string of the molecule is CC1=C([C](=O)[Co][C](=O)C2=C(C)C=CC2)CC=C1. The maximum atomic E-state index is 12.0. The quantitative estimate of drug-likeness (QED) is 0.789. The molecule has 0 aliphatic heterocycles. The van der Waals surface area contributed by atoms with Crippen LogP contribution in [0.5, 0.6) is 0 Å². The summed E-state index contributed by atoms with van der Waals surface area (Å²) >= 11 is 0.321. The summed E-state index contributed by atoms with van der Waals surface area (Å²) in [5.74, 6) is 0. The summed E-state index contributed by atoms with van der Waals surface area (Å²) in [6.45, 7) is 3.83. The Morgan fingerprint density at radius 3 is 1.65 bits per heavy atom. The second kappa shape index (κ2) is 4.98. The van der Waals surface area contributed by atoms with Gasteiger partial charge in [-0.3, -0.25) is 0 Å². The van der Waals surface area contributed by atoms with E-state index in [-0.39, 0.29) is 9.44 Å². The molecule has 0 aromatic heterocycles. The Morgan fingerprint density at radius 2 is 1.35 bits per heavy atom. The van der Waals surface area contributed by atoms with Crippen LogP contribution in [-0.2, 0) is 24.3 Å². The molecule has 0 fully saturated rings. The van der Waals surface area contributed by atoms with Crippen molar-refractivity contribution in [2.24, 2.45) is 0 Å². The van der Waals surface area contributed by atoms with E-state index in [1.54, 1.807) is 0 Å². The summed E-state index contributed by atoms with van der Waals surface area (Å²) in [5, 5.41) is 0. The molecule has 0 bridgehead atoms. The summed E-state index contributed by atoms with van der Waals surface area (Å²) < 4.78 is -0.109. The first-order valence-corrected chi connectivity index (χ1v) is 6.55. The van der Waals surface area contributed by atoms with Crippen LogP contribution in [0.15, 0.2) is 46.6 Å². The topological polar surface area (TPSA) is 34.1 Å². The van der Waals surface area contributed by atoms with Gasteiger partial charge in [-0.25, -0.2) is 0 Å². The summed E-state index contributed by atoms with van der Waals surface area (Å²) in [7, 11) is 0. The molecule has 0 amide bonds. The van der Waals surface area contributed by atoms with Crippen molar-refractivity contribution < 1.29 is 24.3 Å². The first-order chi connectivity index (χ1) is 8.09. The Bertz CT molecular complexity index is 458. The van der Waals surface area contributed by atoms with Gasteiger partial charge in [0.25, 0.3) is 0 Å². The third-order valence-corrected chi connectivity index (χ3v) is 4.03. The summed E-state index contributed by atoms with van der Waals surface area (Å²) in [6, 6.07) is 0.